The number of para-hydroxylation sites is 1. The molecule has 0 atom stereocenters. The van der Waals surface area contributed by atoms with Crippen LogP contribution in [0.5, 0.6) is 5.75 Å². The van der Waals surface area contributed by atoms with Gasteiger partial charge in [-0.2, -0.15) is 0 Å². The first kappa shape index (κ1) is 17.0. The minimum Gasteiger partial charge on any atom is -0.490 e. The highest BCUT2D eigenvalue weighted by Crippen LogP contribution is 2.11. The number of sulfonamides is 1. The minimum atomic E-state index is -3.51. The Bertz CT molecular complexity index is 742. The molecule has 0 aromatic heterocycles. The fourth-order valence-corrected chi connectivity index (χ4v) is 2.51. The van der Waals surface area contributed by atoms with Crippen LogP contribution in [0.1, 0.15) is 10.4 Å². The Kier molecular flexibility index (Phi) is 5.72. The number of nitrogens with one attached hydrogen (secondary N) is 1. The summed E-state index contributed by atoms with van der Waals surface area (Å²) in [5.41, 5.74) is 0.278. The van der Waals surface area contributed by atoms with E-state index in [9.17, 15) is 13.2 Å². The van der Waals surface area contributed by atoms with E-state index in [0.29, 0.717) is 5.75 Å². The topological polar surface area (TPSA) is 81.7 Å². The summed E-state index contributed by atoms with van der Waals surface area (Å²) < 4.78 is 35.8. The zero-order valence-electron chi connectivity index (χ0n) is 12.6. The zero-order chi connectivity index (χ0) is 16.7. The van der Waals surface area contributed by atoms with Crippen molar-refractivity contribution in [2.45, 2.75) is 4.90 Å². The lowest BCUT2D eigenvalue weighted by Crippen LogP contribution is -2.18. The first-order chi connectivity index (χ1) is 11.0. The van der Waals surface area contributed by atoms with Crippen LogP contribution in [-0.2, 0) is 14.8 Å². The summed E-state index contributed by atoms with van der Waals surface area (Å²) in [7, 11) is -2.19. The van der Waals surface area contributed by atoms with Gasteiger partial charge in [0.2, 0.25) is 10.0 Å². The van der Waals surface area contributed by atoms with E-state index in [1.165, 1.54) is 31.3 Å². The number of carbonyl (C=O) groups excluding carboxylic acids is 1. The van der Waals surface area contributed by atoms with Crippen LogP contribution >= 0.6 is 0 Å². The first-order valence-electron chi connectivity index (χ1n) is 6.91. The van der Waals surface area contributed by atoms with Gasteiger partial charge in [0.1, 0.15) is 19.0 Å². The van der Waals surface area contributed by atoms with Crippen LogP contribution in [0.2, 0.25) is 0 Å². The smallest absolute Gasteiger partial charge is 0.338 e. The van der Waals surface area contributed by atoms with Gasteiger partial charge in [-0.05, 0) is 43.4 Å². The summed E-state index contributed by atoms with van der Waals surface area (Å²) in [6.07, 6.45) is 0. The van der Waals surface area contributed by atoms with Gasteiger partial charge in [0.15, 0.2) is 0 Å². The van der Waals surface area contributed by atoms with E-state index >= 15 is 0 Å². The Hall–Kier alpha value is -2.38. The summed E-state index contributed by atoms with van der Waals surface area (Å²) in [5, 5.41) is 0. The molecular weight excluding hydrogens is 318 g/mol. The minimum absolute atomic E-state index is 0.0870. The lowest BCUT2D eigenvalue weighted by atomic mass is 10.2. The Morgan fingerprint density at radius 2 is 1.65 bits per heavy atom. The van der Waals surface area contributed by atoms with Crippen LogP contribution in [0.4, 0.5) is 0 Å². The van der Waals surface area contributed by atoms with Crippen molar-refractivity contribution < 1.29 is 22.7 Å². The Balaban J connectivity index is 1.84. The fraction of sp³-hybridized carbons (Fsp3) is 0.188. The standard InChI is InChI=1S/C16H17NO5S/c1-17-23(19,20)15-9-7-13(8-10-15)16(18)22-12-11-21-14-5-3-2-4-6-14/h2-10,17H,11-12H2,1H3. The predicted octanol–water partition coefficient (Wildman–Crippen LogP) is 1.83. The number of hydrogen-bond acceptors (Lipinski definition) is 5. The molecule has 0 unspecified atom stereocenters. The van der Waals surface area contributed by atoms with E-state index in [0.717, 1.165) is 0 Å². The highest BCUT2D eigenvalue weighted by Gasteiger charge is 2.13. The van der Waals surface area contributed by atoms with Crippen LogP contribution in [0.3, 0.4) is 0 Å². The molecule has 0 radical (unpaired) electrons. The summed E-state index contributed by atoms with van der Waals surface area (Å²) in [4.78, 5) is 11.9. The van der Waals surface area contributed by atoms with Crippen molar-refractivity contribution in [3.63, 3.8) is 0 Å². The molecule has 0 amide bonds. The summed E-state index contributed by atoms with van der Waals surface area (Å²) in [6, 6.07) is 14.7. The van der Waals surface area contributed by atoms with Crippen molar-refractivity contribution in [1.82, 2.24) is 4.72 Å². The zero-order valence-corrected chi connectivity index (χ0v) is 13.4. The molecule has 0 saturated carbocycles. The van der Waals surface area contributed by atoms with Crippen LogP contribution < -0.4 is 9.46 Å². The van der Waals surface area contributed by atoms with Crippen molar-refractivity contribution in [3.05, 3.63) is 60.2 Å². The van der Waals surface area contributed by atoms with Crippen molar-refractivity contribution in [2.75, 3.05) is 20.3 Å². The summed E-state index contributed by atoms with van der Waals surface area (Å²) in [5.74, 6) is 0.167. The molecule has 0 aliphatic heterocycles. The number of ether oxygens (including phenoxy) is 2. The van der Waals surface area contributed by atoms with Gasteiger partial charge in [-0.3, -0.25) is 0 Å². The maximum Gasteiger partial charge on any atom is 0.338 e. The second-order valence-electron chi connectivity index (χ2n) is 4.53. The van der Waals surface area contributed by atoms with Gasteiger partial charge in [-0.1, -0.05) is 18.2 Å². The molecule has 2 aromatic carbocycles. The maximum absolute atomic E-state index is 11.8. The van der Waals surface area contributed by atoms with Gasteiger partial charge in [-0.25, -0.2) is 17.9 Å². The molecule has 0 saturated heterocycles. The van der Waals surface area contributed by atoms with Crippen LogP contribution in [0.15, 0.2) is 59.5 Å². The highest BCUT2D eigenvalue weighted by atomic mass is 32.2. The molecule has 2 rings (SSSR count). The Morgan fingerprint density at radius 3 is 2.26 bits per heavy atom. The van der Waals surface area contributed by atoms with Gasteiger partial charge in [0, 0.05) is 0 Å². The maximum atomic E-state index is 11.8. The molecule has 122 valence electrons. The molecule has 1 N–H and O–H groups in total. The van der Waals surface area contributed by atoms with E-state index in [-0.39, 0.29) is 23.7 Å². The number of esters is 1. The average Bonchev–Trinajstić information content (AvgIpc) is 2.59. The predicted molar refractivity (Wildman–Crippen MR) is 84.9 cm³/mol. The van der Waals surface area contributed by atoms with Gasteiger partial charge in [0.25, 0.3) is 0 Å². The lowest BCUT2D eigenvalue weighted by molar-refractivity contribution is 0.0450. The molecule has 7 heteroatoms. The molecule has 0 bridgehead atoms. The fourth-order valence-electron chi connectivity index (χ4n) is 1.78. The normalized spacial score (nSPS) is 11.0. The molecule has 0 spiro atoms. The number of rotatable bonds is 7. The van der Waals surface area contributed by atoms with E-state index in [2.05, 4.69) is 4.72 Å². The molecule has 23 heavy (non-hydrogen) atoms. The third-order valence-corrected chi connectivity index (χ3v) is 4.43. The molecular formula is C16H17NO5S. The molecule has 2 aromatic rings. The molecule has 0 aliphatic rings. The highest BCUT2D eigenvalue weighted by molar-refractivity contribution is 7.89. The molecule has 0 fully saturated rings. The Labute approximate surface area is 135 Å². The first-order valence-corrected chi connectivity index (χ1v) is 8.40. The van der Waals surface area contributed by atoms with E-state index in [1.54, 1.807) is 0 Å². The second-order valence-corrected chi connectivity index (χ2v) is 6.42. The molecule has 6 nitrogen and oxygen atoms in total. The third kappa shape index (κ3) is 4.80. The van der Waals surface area contributed by atoms with Crippen LogP contribution in [-0.4, -0.2) is 34.6 Å². The number of carbonyl (C=O) groups is 1. The quantitative estimate of drug-likeness (QED) is 0.617. The second kappa shape index (κ2) is 7.75. The summed E-state index contributed by atoms with van der Waals surface area (Å²) >= 11 is 0. The van der Waals surface area contributed by atoms with E-state index < -0.39 is 16.0 Å². The van der Waals surface area contributed by atoms with E-state index in [1.807, 2.05) is 30.3 Å². The number of benzene rings is 2. The monoisotopic (exact) mass is 335 g/mol. The van der Waals surface area contributed by atoms with Crippen LogP contribution in [0, 0.1) is 0 Å². The van der Waals surface area contributed by atoms with Gasteiger partial charge >= 0.3 is 5.97 Å². The SMILES string of the molecule is CNS(=O)(=O)c1ccc(C(=O)OCCOc2ccccc2)cc1. The van der Waals surface area contributed by atoms with Crippen molar-refractivity contribution in [2.24, 2.45) is 0 Å². The largest absolute Gasteiger partial charge is 0.490 e. The van der Waals surface area contributed by atoms with Crippen molar-refractivity contribution in [1.29, 1.82) is 0 Å². The van der Waals surface area contributed by atoms with E-state index in [4.69, 9.17) is 9.47 Å². The molecule has 0 heterocycles. The van der Waals surface area contributed by atoms with Gasteiger partial charge < -0.3 is 9.47 Å². The third-order valence-electron chi connectivity index (χ3n) is 3.00. The average molecular weight is 335 g/mol. The van der Waals surface area contributed by atoms with Crippen molar-refractivity contribution >= 4 is 16.0 Å². The van der Waals surface area contributed by atoms with Gasteiger partial charge in [0.05, 0.1) is 10.5 Å². The van der Waals surface area contributed by atoms with Gasteiger partial charge in [-0.15, -0.1) is 0 Å². The lowest BCUT2D eigenvalue weighted by Gasteiger charge is -2.08. The Morgan fingerprint density at radius 1 is 1.00 bits per heavy atom. The molecule has 0 aliphatic carbocycles. The van der Waals surface area contributed by atoms with Crippen LogP contribution in [0.25, 0.3) is 0 Å². The number of hydrogen-bond donors (Lipinski definition) is 1. The van der Waals surface area contributed by atoms with Crippen molar-refractivity contribution in [3.8, 4) is 5.75 Å². The summed E-state index contributed by atoms with van der Waals surface area (Å²) in [6.45, 7) is 0.340.